The Morgan fingerprint density at radius 1 is 0.613 bits per heavy atom. The standard InChI is InChI=1S/C46H52Cl2O14/c47-35-11-5-27(19-28(35)17-25-1-7-31(8-2-25)59-33-13-15-56-22-33)44-42(53)41(52)40(51)38(61-44)24-58-46(45(55)43(54)39(50)37(21-49)62-46)30-6-12-36(48)29(20-30)18-26-3-9-32(10-4-26)60-34-14-16-57-23-34/h1-12,19-20,33-34,37-45,49-55H,13-18,21-24H2/t33?,34?,37-,38-,39-,40-,41+,42-,43+,44?,45-,46?/m1/s1. The van der Waals surface area contributed by atoms with Crippen LogP contribution in [0.4, 0.5) is 0 Å². The molecule has 4 aliphatic heterocycles. The van der Waals surface area contributed by atoms with Crippen LogP contribution in [0, 0.1) is 0 Å². The molecular weight excluding hydrogens is 847 g/mol. The Morgan fingerprint density at radius 2 is 1.16 bits per heavy atom. The van der Waals surface area contributed by atoms with Crippen molar-refractivity contribution in [3.63, 3.8) is 0 Å². The van der Waals surface area contributed by atoms with Gasteiger partial charge >= 0.3 is 0 Å². The molecule has 4 aliphatic rings. The van der Waals surface area contributed by atoms with Crippen molar-refractivity contribution in [3.05, 3.63) is 128 Å². The summed E-state index contributed by atoms with van der Waals surface area (Å²) >= 11 is 13.4. The van der Waals surface area contributed by atoms with Crippen molar-refractivity contribution in [2.24, 2.45) is 0 Å². The monoisotopic (exact) mass is 898 g/mol. The molecule has 0 saturated carbocycles. The van der Waals surface area contributed by atoms with Gasteiger partial charge in [-0.15, -0.1) is 0 Å². The second kappa shape index (κ2) is 19.8. The van der Waals surface area contributed by atoms with E-state index < -0.39 is 73.9 Å². The number of halogens is 2. The van der Waals surface area contributed by atoms with Crippen LogP contribution in [0.15, 0.2) is 84.9 Å². The highest BCUT2D eigenvalue weighted by atomic mass is 35.5. The first kappa shape index (κ1) is 45.2. The van der Waals surface area contributed by atoms with Crippen molar-refractivity contribution in [1.29, 1.82) is 0 Å². The summed E-state index contributed by atoms with van der Waals surface area (Å²) in [5.74, 6) is -0.831. The van der Waals surface area contributed by atoms with Gasteiger partial charge in [0.25, 0.3) is 0 Å². The number of ether oxygens (including phenoxy) is 7. The first-order valence-electron chi connectivity index (χ1n) is 20.8. The molecule has 12 atom stereocenters. The molecule has 14 nitrogen and oxygen atoms in total. The molecule has 0 bridgehead atoms. The number of hydrogen-bond donors (Lipinski definition) is 7. The molecule has 4 fully saturated rings. The van der Waals surface area contributed by atoms with Crippen LogP contribution in [-0.4, -0.2) is 136 Å². The predicted octanol–water partition coefficient (Wildman–Crippen LogP) is 3.38. The van der Waals surface area contributed by atoms with Crippen molar-refractivity contribution >= 4 is 23.2 Å². The van der Waals surface area contributed by atoms with E-state index in [9.17, 15) is 35.7 Å². The molecule has 4 heterocycles. The predicted molar refractivity (Wildman–Crippen MR) is 224 cm³/mol. The number of aliphatic hydroxyl groups excluding tert-OH is 7. The van der Waals surface area contributed by atoms with Gasteiger partial charge in [0.2, 0.25) is 5.79 Å². The molecule has 7 N–H and O–H groups in total. The zero-order chi connectivity index (χ0) is 43.5. The van der Waals surface area contributed by atoms with E-state index in [0.717, 1.165) is 29.7 Å². The fourth-order valence-electron chi connectivity index (χ4n) is 8.39. The molecule has 4 aromatic carbocycles. The second-order valence-electron chi connectivity index (χ2n) is 16.3. The average molecular weight is 900 g/mol. The van der Waals surface area contributed by atoms with Gasteiger partial charge < -0.3 is 68.9 Å². The third-order valence-corrected chi connectivity index (χ3v) is 12.7. The first-order chi connectivity index (χ1) is 29.9. The molecule has 334 valence electrons. The molecular formula is C46H52Cl2O14. The Hall–Kier alpha value is -3.42. The molecule has 0 aliphatic carbocycles. The van der Waals surface area contributed by atoms with E-state index in [4.69, 9.17) is 56.4 Å². The summed E-state index contributed by atoms with van der Waals surface area (Å²) in [6.07, 6.45) is -11.9. The van der Waals surface area contributed by atoms with Gasteiger partial charge in [0.15, 0.2) is 0 Å². The molecule has 0 radical (unpaired) electrons. The molecule has 0 spiro atoms. The van der Waals surface area contributed by atoms with Crippen molar-refractivity contribution in [2.75, 3.05) is 39.6 Å². The Labute approximate surface area is 369 Å². The largest absolute Gasteiger partial charge is 0.488 e. The minimum atomic E-state index is -2.26. The quantitative estimate of drug-likeness (QED) is 0.0970. The fourth-order valence-corrected chi connectivity index (χ4v) is 8.76. The van der Waals surface area contributed by atoms with E-state index >= 15 is 0 Å². The van der Waals surface area contributed by atoms with Crippen molar-refractivity contribution in [2.45, 2.75) is 98.6 Å². The molecule has 0 amide bonds. The SMILES string of the molecule is OC[C@H]1OC(OC[C@H]2OC(c3ccc(Cl)c(Cc4ccc(OC5CCOC5)cc4)c3)[C@H](O)[C@@H](O)[C@@H]2O)(c2ccc(Cl)c(Cc3ccc(OC4CCOC4)cc3)c2)[C@H](O)[C@@H](O)[C@@H]1O. The minimum Gasteiger partial charge on any atom is -0.488 e. The van der Waals surface area contributed by atoms with E-state index in [-0.39, 0.29) is 17.8 Å². The second-order valence-corrected chi connectivity index (χ2v) is 17.1. The van der Waals surface area contributed by atoms with Gasteiger partial charge in [0.1, 0.15) is 78.6 Å². The Balaban J connectivity index is 1.02. The summed E-state index contributed by atoms with van der Waals surface area (Å²) in [5, 5.41) is 78.3. The summed E-state index contributed by atoms with van der Waals surface area (Å²) < 4.78 is 41.6. The smallest absolute Gasteiger partial charge is 0.225 e. The highest BCUT2D eigenvalue weighted by molar-refractivity contribution is 6.31. The van der Waals surface area contributed by atoms with Crippen LogP contribution in [-0.2, 0) is 42.3 Å². The van der Waals surface area contributed by atoms with E-state index in [1.54, 1.807) is 30.3 Å². The number of benzene rings is 4. The summed E-state index contributed by atoms with van der Waals surface area (Å²) in [4.78, 5) is 0. The van der Waals surface area contributed by atoms with E-state index in [1.807, 2.05) is 48.5 Å². The van der Waals surface area contributed by atoms with Gasteiger partial charge in [0, 0.05) is 28.5 Å². The third-order valence-electron chi connectivity index (χ3n) is 12.0. The van der Waals surface area contributed by atoms with E-state index in [0.29, 0.717) is 71.8 Å². The van der Waals surface area contributed by atoms with Crippen LogP contribution >= 0.6 is 23.2 Å². The zero-order valence-corrected chi connectivity index (χ0v) is 35.3. The van der Waals surface area contributed by atoms with E-state index in [2.05, 4.69) is 0 Å². The maximum Gasteiger partial charge on any atom is 0.225 e. The number of hydrogen-bond acceptors (Lipinski definition) is 14. The average Bonchev–Trinajstić information content (AvgIpc) is 4.01. The third kappa shape index (κ3) is 9.80. The van der Waals surface area contributed by atoms with Crippen LogP contribution in [0.25, 0.3) is 0 Å². The summed E-state index contributed by atoms with van der Waals surface area (Å²) in [7, 11) is 0. The van der Waals surface area contributed by atoms with Crippen LogP contribution < -0.4 is 9.47 Å². The van der Waals surface area contributed by atoms with Gasteiger partial charge in [0.05, 0.1) is 39.6 Å². The molecule has 8 rings (SSSR count). The van der Waals surface area contributed by atoms with Gasteiger partial charge in [-0.3, -0.25) is 0 Å². The Kier molecular flexibility index (Phi) is 14.4. The summed E-state index contributed by atoms with van der Waals surface area (Å²) in [5.41, 5.74) is 3.77. The molecule has 0 aromatic heterocycles. The Morgan fingerprint density at radius 3 is 1.71 bits per heavy atom. The summed E-state index contributed by atoms with van der Waals surface area (Å²) in [6, 6.07) is 25.0. The molecule has 4 aromatic rings. The lowest BCUT2D eigenvalue weighted by Gasteiger charge is -2.49. The summed E-state index contributed by atoms with van der Waals surface area (Å²) in [6.45, 7) is 1.11. The van der Waals surface area contributed by atoms with Gasteiger partial charge in [-0.1, -0.05) is 65.7 Å². The maximum absolute atomic E-state index is 11.7. The van der Waals surface area contributed by atoms with E-state index in [1.165, 1.54) is 6.07 Å². The van der Waals surface area contributed by atoms with Gasteiger partial charge in [-0.25, -0.2) is 0 Å². The fraction of sp³-hybridized carbons (Fsp3) is 0.478. The minimum absolute atomic E-state index is 0.00978. The number of rotatable bonds is 14. The van der Waals surface area contributed by atoms with Gasteiger partial charge in [-0.2, -0.15) is 0 Å². The lowest BCUT2D eigenvalue weighted by Crippen LogP contribution is -2.65. The molecule has 16 heteroatoms. The highest BCUT2D eigenvalue weighted by Gasteiger charge is 2.57. The molecule has 62 heavy (non-hydrogen) atoms. The normalized spacial score (nSPS) is 32.5. The van der Waals surface area contributed by atoms with Gasteiger partial charge in [-0.05, 0) is 83.1 Å². The maximum atomic E-state index is 11.7. The van der Waals surface area contributed by atoms with Crippen LogP contribution in [0.5, 0.6) is 11.5 Å². The zero-order valence-electron chi connectivity index (χ0n) is 33.7. The topological polar surface area (TPSA) is 206 Å². The number of aliphatic hydroxyl groups is 7. The van der Waals surface area contributed by atoms with Crippen molar-refractivity contribution in [1.82, 2.24) is 0 Å². The van der Waals surface area contributed by atoms with Crippen LogP contribution in [0.2, 0.25) is 10.0 Å². The lowest BCUT2D eigenvalue weighted by molar-refractivity contribution is -0.381. The molecule has 4 unspecified atom stereocenters. The highest BCUT2D eigenvalue weighted by Crippen LogP contribution is 2.43. The molecule has 4 saturated heterocycles. The Bertz CT molecular complexity index is 2090. The first-order valence-corrected chi connectivity index (χ1v) is 21.6. The van der Waals surface area contributed by atoms with Crippen molar-refractivity contribution in [3.8, 4) is 11.5 Å². The van der Waals surface area contributed by atoms with Crippen LogP contribution in [0.1, 0.15) is 52.3 Å². The van der Waals surface area contributed by atoms with Crippen LogP contribution in [0.3, 0.4) is 0 Å². The van der Waals surface area contributed by atoms with Crippen molar-refractivity contribution < 1.29 is 68.9 Å². The lowest BCUT2D eigenvalue weighted by atomic mass is 9.86.